The summed E-state index contributed by atoms with van der Waals surface area (Å²) in [7, 11) is 0. The average Bonchev–Trinajstić information content (AvgIpc) is 2.52. The fourth-order valence-corrected chi connectivity index (χ4v) is 2.78. The molecule has 0 saturated heterocycles. The van der Waals surface area contributed by atoms with E-state index in [1.165, 1.54) is 12.1 Å². The van der Waals surface area contributed by atoms with E-state index in [2.05, 4.69) is 15.9 Å². The minimum Gasteiger partial charge on any atom is -0.328 e. The molecule has 0 amide bonds. The van der Waals surface area contributed by atoms with Crippen molar-refractivity contribution in [3.8, 4) is 0 Å². The first kappa shape index (κ1) is 12.0. The Hall–Kier alpha value is -0.480. The number of benzene rings is 1. The first-order chi connectivity index (χ1) is 7.48. The predicted molar refractivity (Wildman–Crippen MR) is 63.5 cm³/mol. The van der Waals surface area contributed by atoms with Crippen LogP contribution in [0.15, 0.2) is 22.7 Å². The zero-order chi connectivity index (χ0) is 11.8. The summed E-state index contributed by atoms with van der Waals surface area (Å²) in [5.41, 5.74) is 5.30. The highest BCUT2D eigenvalue weighted by Crippen LogP contribution is 2.37. The van der Waals surface area contributed by atoms with Crippen molar-refractivity contribution in [1.82, 2.24) is 0 Å². The van der Waals surface area contributed by atoms with Crippen LogP contribution in [0.2, 0.25) is 0 Å². The van der Waals surface area contributed by atoms with Crippen molar-refractivity contribution in [2.75, 3.05) is 0 Å². The van der Waals surface area contributed by atoms with E-state index in [0.29, 0.717) is 23.7 Å². The number of hydrogen-bond donors (Lipinski definition) is 1. The summed E-state index contributed by atoms with van der Waals surface area (Å²) in [6, 6.07) is 4.32. The van der Waals surface area contributed by atoms with Gasteiger partial charge in [-0.05, 0) is 37.0 Å². The van der Waals surface area contributed by atoms with Gasteiger partial charge >= 0.3 is 0 Å². The molecule has 2 rings (SSSR count). The van der Waals surface area contributed by atoms with Gasteiger partial charge in [-0.1, -0.05) is 22.0 Å². The van der Waals surface area contributed by atoms with Gasteiger partial charge < -0.3 is 5.73 Å². The first-order valence-electron chi connectivity index (χ1n) is 5.37. The number of alkyl halides is 1. The van der Waals surface area contributed by atoms with Crippen LogP contribution in [0.4, 0.5) is 8.78 Å². The molecule has 2 atom stereocenters. The van der Waals surface area contributed by atoms with E-state index in [9.17, 15) is 8.78 Å². The van der Waals surface area contributed by atoms with Crippen molar-refractivity contribution in [2.24, 2.45) is 5.73 Å². The van der Waals surface area contributed by atoms with Crippen LogP contribution in [0.1, 0.15) is 24.8 Å². The number of rotatable bonds is 2. The molecule has 4 heteroatoms. The van der Waals surface area contributed by atoms with Crippen LogP contribution in [0, 0.1) is 5.82 Å². The molecule has 0 spiro atoms. The number of hydrogen-bond acceptors (Lipinski definition) is 1. The minimum atomic E-state index is -1.22. The smallest absolute Gasteiger partial charge is 0.124 e. The molecular weight excluding hydrogens is 276 g/mol. The fourth-order valence-electron chi connectivity index (χ4n) is 2.29. The monoisotopic (exact) mass is 289 g/mol. The lowest BCUT2D eigenvalue weighted by molar-refractivity contribution is 0.170. The normalized spacial score (nSPS) is 29.6. The first-order valence-corrected chi connectivity index (χ1v) is 6.16. The number of nitrogens with two attached hydrogens (primary N) is 1. The summed E-state index contributed by atoms with van der Waals surface area (Å²) in [6.07, 6.45) is 1.94. The van der Waals surface area contributed by atoms with E-state index in [4.69, 9.17) is 5.73 Å². The summed E-state index contributed by atoms with van der Waals surface area (Å²) >= 11 is 3.26. The standard InChI is InChI=1S/C12H14BrF2N/c13-11-5-9(14)2-1-8(11)6-12(15)4-3-10(16)7-12/h1-2,5,10H,3-4,6-7,16H2. The molecule has 1 aliphatic rings. The molecule has 1 saturated carbocycles. The zero-order valence-corrected chi connectivity index (χ0v) is 10.4. The molecular formula is C12H14BrF2N. The molecule has 1 aromatic carbocycles. The van der Waals surface area contributed by atoms with Gasteiger partial charge in [-0.3, -0.25) is 0 Å². The molecule has 2 N–H and O–H groups in total. The van der Waals surface area contributed by atoms with Gasteiger partial charge in [0.05, 0.1) is 0 Å². The van der Waals surface area contributed by atoms with Gasteiger partial charge in [-0.25, -0.2) is 8.78 Å². The second-order valence-electron chi connectivity index (χ2n) is 4.57. The minimum absolute atomic E-state index is 0.0378. The summed E-state index contributed by atoms with van der Waals surface area (Å²) in [6.45, 7) is 0. The second-order valence-corrected chi connectivity index (χ2v) is 5.42. The molecule has 2 unspecified atom stereocenters. The third-order valence-corrected chi connectivity index (χ3v) is 3.85. The summed E-state index contributed by atoms with van der Waals surface area (Å²) in [5.74, 6) is -0.313. The van der Waals surface area contributed by atoms with Crippen LogP contribution in [-0.4, -0.2) is 11.7 Å². The van der Waals surface area contributed by atoms with Gasteiger partial charge in [0, 0.05) is 16.9 Å². The highest BCUT2D eigenvalue weighted by Gasteiger charge is 2.38. The third kappa shape index (κ3) is 2.61. The molecule has 88 valence electrons. The van der Waals surface area contributed by atoms with Crippen LogP contribution in [-0.2, 0) is 6.42 Å². The highest BCUT2D eigenvalue weighted by molar-refractivity contribution is 9.10. The second kappa shape index (κ2) is 4.41. The summed E-state index contributed by atoms with van der Waals surface area (Å²) in [4.78, 5) is 0. The maximum absolute atomic E-state index is 14.3. The third-order valence-electron chi connectivity index (χ3n) is 3.11. The van der Waals surface area contributed by atoms with Crippen molar-refractivity contribution < 1.29 is 8.78 Å². The Morgan fingerprint density at radius 1 is 1.50 bits per heavy atom. The van der Waals surface area contributed by atoms with Crippen LogP contribution in [0.25, 0.3) is 0 Å². The van der Waals surface area contributed by atoms with E-state index in [1.807, 2.05) is 0 Å². The molecule has 1 aromatic rings. The molecule has 0 aliphatic heterocycles. The van der Waals surface area contributed by atoms with Crippen LogP contribution in [0.3, 0.4) is 0 Å². The molecule has 16 heavy (non-hydrogen) atoms. The van der Waals surface area contributed by atoms with Crippen LogP contribution in [0.5, 0.6) is 0 Å². The van der Waals surface area contributed by atoms with Crippen molar-refractivity contribution in [3.63, 3.8) is 0 Å². The lowest BCUT2D eigenvalue weighted by Crippen LogP contribution is -2.25. The average molecular weight is 290 g/mol. The van der Waals surface area contributed by atoms with E-state index in [0.717, 1.165) is 12.0 Å². The molecule has 0 radical (unpaired) electrons. The van der Waals surface area contributed by atoms with Crippen molar-refractivity contribution in [1.29, 1.82) is 0 Å². The van der Waals surface area contributed by atoms with Crippen LogP contribution < -0.4 is 5.73 Å². The Labute approximate surface area is 102 Å². The molecule has 0 aromatic heterocycles. The van der Waals surface area contributed by atoms with Gasteiger partial charge in [-0.15, -0.1) is 0 Å². The Morgan fingerprint density at radius 3 is 2.81 bits per heavy atom. The largest absolute Gasteiger partial charge is 0.328 e. The lowest BCUT2D eigenvalue weighted by atomic mass is 9.94. The van der Waals surface area contributed by atoms with Gasteiger partial charge in [0.2, 0.25) is 0 Å². The number of halogens is 3. The lowest BCUT2D eigenvalue weighted by Gasteiger charge is -2.20. The Morgan fingerprint density at radius 2 is 2.25 bits per heavy atom. The quantitative estimate of drug-likeness (QED) is 0.888. The Kier molecular flexibility index (Phi) is 3.31. The Bertz CT molecular complexity index is 397. The van der Waals surface area contributed by atoms with Gasteiger partial charge in [0.25, 0.3) is 0 Å². The van der Waals surface area contributed by atoms with E-state index < -0.39 is 5.67 Å². The van der Waals surface area contributed by atoms with Gasteiger partial charge in [0.1, 0.15) is 11.5 Å². The zero-order valence-electron chi connectivity index (χ0n) is 8.85. The van der Waals surface area contributed by atoms with E-state index in [-0.39, 0.29) is 11.9 Å². The molecule has 1 nitrogen and oxygen atoms in total. The fraction of sp³-hybridized carbons (Fsp3) is 0.500. The van der Waals surface area contributed by atoms with E-state index in [1.54, 1.807) is 6.07 Å². The molecule has 0 bridgehead atoms. The van der Waals surface area contributed by atoms with Crippen LogP contribution >= 0.6 is 15.9 Å². The van der Waals surface area contributed by atoms with Gasteiger partial charge in [0.15, 0.2) is 0 Å². The molecule has 1 aliphatic carbocycles. The molecule has 0 heterocycles. The SMILES string of the molecule is NC1CCC(F)(Cc2ccc(F)cc2Br)C1. The summed E-state index contributed by atoms with van der Waals surface area (Å²) < 4.78 is 27.8. The highest BCUT2D eigenvalue weighted by atomic mass is 79.9. The van der Waals surface area contributed by atoms with Crippen molar-refractivity contribution >= 4 is 15.9 Å². The van der Waals surface area contributed by atoms with Crippen molar-refractivity contribution in [2.45, 2.75) is 37.4 Å². The van der Waals surface area contributed by atoms with Gasteiger partial charge in [-0.2, -0.15) is 0 Å². The maximum atomic E-state index is 14.3. The maximum Gasteiger partial charge on any atom is 0.124 e. The van der Waals surface area contributed by atoms with Crippen molar-refractivity contribution in [3.05, 3.63) is 34.1 Å². The molecule has 1 fully saturated rings. The topological polar surface area (TPSA) is 26.0 Å². The summed E-state index contributed by atoms with van der Waals surface area (Å²) in [5, 5.41) is 0. The van der Waals surface area contributed by atoms with E-state index >= 15 is 0 Å². The Balaban J connectivity index is 2.14. The predicted octanol–water partition coefficient (Wildman–Crippen LogP) is 3.35.